The number of hydrogen-bond donors (Lipinski definition) is 2. The zero-order chi connectivity index (χ0) is 11.5. The average Bonchev–Trinajstić information content (AvgIpc) is 2.18. The van der Waals surface area contributed by atoms with E-state index in [1.54, 1.807) is 0 Å². The highest BCUT2D eigenvalue weighted by Crippen LogP contribution is 2.26. The maximum atomic E-state index is 10.8. The molecule has 1 aliphatic rings. The Morgan fingerprint density at radius 2 is 1.87 bits per heavy atom. The third-order valence-corrected chi connectivity index (χ3v) is 3.56. The predicted octanol–water partition coefficient (Wildman–Crippen LogP) is 2.41. The molecular weight excluding hydrogens is 190 g/mol. The van der Waals surface area contributed by atoms with E-state index in [9.17, 15) is 4.79 Å². The van der Waals surface area contributed by atoms with Gasteiger partial charge in [0.2, 0.25) is 0 Å². The van der Waals surface area contributed by atoms with Gasteiger partial charge in [-0.1, -0.05) is 6.92 Å². The third-order valence-electron chi connectivity index (χ3n) is 3.56. The van der Waals surface area contributed by atoms with Gasteiger partial charge in [0, 0.05) is 11.6 Å². The van der Waals surface area contributed by atoms with Crippen molar-refractivity contribution in [1.82, 2.24) is 5.32 Å². The molecule has 1 aliphatic carbocycles. The predicted molar refractivity (Wildman–Crippen MR) is 60.9 cm³/mol. The average molecular weight is 213 g/mol. The van der Waals surface area contributed by atoms with Gasteiger partial charge in [0.1, 0.15) is 0 Å². The lowest BCUT2D eigenvalue weighted by atomic mass is 9.85. The van der Waals surface area contributed by atoms with Crippen molar-refractivity contribution < 1.29 is 9.90 Å². The molecule has 0 spiro atoms. The molecule has 0 radical (unpaired) electrons. The summed E-state index contributed by atoms with van der Waals surface area (Å²) in [6.45, 7) is 6.59. The minimum atomic E-state index is -0.622. The molecular formula is C12H23NO2. The molecule has 0 aromatic carbocycles. The van der Waals surface area contributed by atoms with Crippen molar-refractivity contribution in [3.05, 3.63) is 0 Å². The van der Waals surface area contributed by atoms with Crippen molar-refractivity contribution in [3.8, 4) is 0 Å². The Balaban J connectivity index is 2.35. The molecule has 1 saturated carbocycles. The minimum Gasteiger partial charge on any atom is -0.481 e. The van der Waals surface area contributed by atoms with E-state index < -0.39 is 5.97 Å². The third kappa shape index (κ3) is 3.82. The van der Waals surface area contributed by atoms with Crippen LogP contribution in [0.15, 0.2) is 0 Å². The summed E-state index contributed by atoms with van der Waals surface area (Å²) in [5.74, 6) is -0.726. The first-order valence-corrected chi connectivity index (χ1v) is 5.95. The maximum Gasteiger partial charge on any atom is 0.306 e. The van der Waals surface area contributed by atoms with Crippen LogP contribution in [0.1, 0.15) is 52.9 Å². The first kappa shape index (κ1) is 12.5. The van der Waals surface area contributed by atoms with Crippen LogP contribution in [0.4, 0.5) is 0 Å². The van der Waals surface area contributed by atoms with Gasteiger partial charge in [-0.3, -0.25) is 4.79 Å². The second-order valence-electron chi connectivity index (χ2n) is 5.27. The summed E-state index contributed by atoms with van der Waals surface area (Å²) in [6.07, 6.45) is 4.76. The van der Waals surface area contributed by atoms with Crippen molar-refractivity contribution >= 4 is 5.97 Å². The van der Waals surface area contributed by atoms with Crippen LogP contribution < -0.4 is 5.32 Å². The van der Waals surface area contributed by atoms with Crippen LogP contribution in [0.25, 0.3) is 0 Å². The molecule has 0 amide bonds. The Labute approximate surface area is 92.3 Å². The summed E-state index contributed by atoms with van der Waals surface area (Å²) in [5.41, 5.74) is 0.181. The van der Waals surface area contributed by atoms with E-state index in [2.05, 4.69) is 26.1 Å². The maximum absolute atomic E-state index is 10.8. The fraction of sp³-hybridized carbons (Fsp3) is 0.917. The van der Waals surface area contributed by atoms with Crippen molar-refractivity contribution in [2.45, 2.75) is 64.5 Å². The highest BCUT2D eigenvalue weighted by molar-refractivity contribution is 5.70. The van der Waals surface area contributed by atoms with Crippen LogP contribution in [0.2, 0.25) is 0 Å². The number of aliphatic carboxylic acids is 1. The van der Waals surface area contributed by atoms with Crippen molar-refractivity contribution in [2.24, 2.45) is 5.92 Å². The topological polar surface area (TPSA) is 49.3 Å². The molecule has 0 aromatic rings. The monoisotopic (exact) mass is 213 g/mol. The SMILES string of the molecule is CCC(C)(C)NC1CCC(C(=O)O)CC1. The molecule has 0 bridgehead atoms. The number of nitrogens with one attached hydrogen (secondary N) is 1. The van der Waals surface area contributed by atoms with Crippen molar-refractivity contribution in [2.75, 3.05) is 0 Å². The zero-order valence-corrected chi connectivity index (χ0v) is 10.0. The largest absolute Gasteiger partial charge is 0.481 e. The standard InChI is InChI=1S/C12H23NO2/c1-4-12(2,3)13-10-7-5-9(6-8-10)11(14)15/h9-10,13H,4-8H2,1-3H3,(H,14,15). The number of rotatable bonds is 4. The van der Waals surface area contributed by atoms with E-state index in [1.165, 1.54) is 0 Å². The number of carbonyl (C=O) groups is 1. The minimum absolute atomic E-state index is 0.104. The lowest BCUT2D eigenvalue weighted by molar-refractivity contribution is -0.142. The van der Waals surface area contributed by atoms with Crippen molar-refractivity contribution in [1.29, 1.82) is 0 Å². The summed E-state index contributed by atoms with van der Waals surface area (Å²) >= 11 is 0. The molecule has 1 rings (SSSR count). The molecule has 0 aromatic heterocycles. The fourth-order valence-corrected chi connectivity index (χ4v) is 2.14. The lowest BCUT2D eigenvalue weighted by Crippen LogP contribution is -2.47. The Hall–Kier alpha value is -0.570. The normalized spacial score (nSPS) is 27.7. The highest BCUT2D eigenvalue weighted by Gasteiger charge is 2.28. The Morgan fingerprint density at radius 3 is 2.27 bits per heavy atom. The number of carboxylic acids is 1. The molecule has 0 atom stereocenters. The van der Waals surface area contributed by atoms with E-state index in [1.807, 2.05) is 0 Å². The van der Waals surface area contributed by atoms with Gasteiger partial charge in [-0.05, 0) is 46.0 Å². The van der Waals surface area contributed by atoms with Gasteiger partial charge >= 0.3 is 5.97 Å². The highest BCUT2D eigenvalue weighted by atomic mass is 16.4. The first-order chi connectivity index (χ1) is 6.94. The van der Waals surface area contributed by atoms with Gasteiger partial charge in [0.25, 0.3) is 0 Å². The zero-order valence-electron chi connectivity index (χ0n) is 10.0. The van der Waals surface area contributed by atoms with E-state index in [0.717, 1.165) is 32.1 Å². The molecule has 1 fully saturated rings. The molecule has 2 N–H and O–H groups in total. The molecule has 0 saturated heterocycles. The molecule has 3 heteroatoms. The second-order valence-corrected chi connectivity index (χ2v) is 5.27. The number of carboxylic acid groups (broad SMARTS) is 1. The Morgan fingerprint density at radius 1 is 1.33 bits per heavy atom. The molecule has 15 heavy (non-hydrogen) atoms. The van der Waals surface area contributed by atoms with E-state index in [-0.39, 0.29) is 11.5 Å². The fourth-order valence-electron chi connectivity index (χ4n) is 2.14. The van der Waals surface area contributed by atoms with Crippen LogP contribution in [0.5, 0.6) is 0 Å². The molecule has 0 unspecified atom stereocenters. The smallest absolute Gasteiger partial charge is 0.306 e. The van der Waals surface area contributed by atoms with Gasteiger partial charge in [-0.15, -0.1) is 0 Å². The first-order valence-electron chi connectivity index (χ1n) is 5.95. The second kappa shape index (κ2) is 4.97. The summed E-state index contributed by atoms with van der Waals surface area (Å²) < 4.78 is 0. The quantitative estimate of drug-likeness (QED) is 0.754. The Bertz CT molecular complexity index is 218. The van der Waals surface area contributed by atoms with E-state index in [4.69, 9.17) is 5.11 Å². The number of hydrogen-bond acceptors (Lipinski definition) is 2. The summed E-state index contributed by atoms with van der Waals surface area (Å²) in [4.78, 5) is 10.8. The van der Waals surface area contributed by atoms with Crippen molar-refractivity contribution in [3.63, 3.8) is 0 Å². The summed E-state index contributed by atoms with van der Waals surface area (Å²) in [6, 6.07) is 0.510. The Kier molecular flexibility index (Phi) is 4.14. The van der Waals surface area contributed by atoms with Gasteiger partial charge in [0.15, 0.2) is 0 Å². The molecule has 0 heterocycles. The molecule has 88 valence electrons. The molecule has 3 nitrogen and oxygen atoms in total. The van der Waals surface area contributed by atoms with Crippen LogP contribution in [0, 0.1) is 5.92 Å². The van der Waals surface area contributed by atoms with Gasteiger partial charge in [-0.2, -0.15) is 0 Å². The summed E-state index contributed by atoms with van der Waals surface area (Å²) in [7, 11) is 0. The van der Waals surface area contributed by atoms with Crippen LogP contribution >= 0.6 is 0 Å². The van der Waals surface area contributed by atoms with Gasteiger partial charge in [0.05, 0.1) is 5.92 Å². The van der Waals surface area contributed by atoms with Crippen LogP contribution in [-0.2, 0) is 4.79 Å². The lowest BCUT2D eigenvalue weighted by Gasteiger charge is -2.34. The van der Waals surface area contributed by atoms with Gasteiger partial charge in [-0.25, -0.2) is 0 Å². The van der Waals surface area contributed by atoms with E-state index >= 15 is 0 Å². The van der Waals surface area contributed by atoms with Crippen LogP contribution in [0.3, 0.4) is 0 Å². The summed E-state index contributed by atoms with van der Waals surface area (Å²) in [5, 5.41) is 12.5. The molecule has 0 aliphatic heterocycles. The van der Waals surface area contributed by atoms with Gasteiger partial charge < -0.3 is 10.4 Å². The van der Waals surface area contributed by atoms with E-state index in [0.29, 0.717) is 6.04 Å². The van der Waals surface area contributed by atoms with Crippen LogP contribution in [-0.4, -0.2) is 22.7 Å².